The van der Waals surface area contributed by atoms with E-state index in [2.05, 4.69) is 5.32 Å². The van der Waals surface area contributed by atoms with Crippen LogP contribution in [0.4, 0.5) is 0 Å². The zero-order chi connectivity index (χ0) is 15.0. The molecule has 0 heterocycles. The van der Waals surface area contributed by atoms with Gasteiger partial charge in [-0.25, -0.2) is 0 Å². The summed E-state index contributed by atoms with van der Waals surface area (Å²) < 4.78 is 5.15. The number of carbonyl (C=O) groups excluding carboxylic acids is 1. The van der Waals surface area contributed by atoms with Crippen LogP contribution in [0.15, 0.2) is 24.3 Å². The molecular weight excluding hydrogens is 254 g/mol. The molecule has 0 radical (unpaired) electrons. The van der Waals surface area contributed by atoms with Gasteiger partial charge in [-0.3, -0.25) is 4.79 Å². The van der Waals surface area contributed by atoms with Crippen molar-refractivity contribution in [3.63, 3.8) is 0 Å². The second-order valence-electron chi connectivity index (χ2n) is 5.35. The monoisotopic (exact) mass is 279 g/mol. The highest BCUT2D eigenvalue weighted by Gasteiger charge is 2.08. The summed E-state index contributed by atoms with van der Waals surface area (Å²) in [6.45, 7) is 4.40. The van der Waals surface area contributed by atoms with E-state index in [9.17, 15) is 9.90 Å². The van der Waals surface area contributed by atoms with Gasteiger partial charge in [-0.05, 0) is 43.4 Å². The molecule has 1 aromatic carbocycles. The average molecular weight is 279 g/mol. The quantitative estimate of drug-likeness (QED) is 0.766. The number of methoxy groups -OCH3 is 1. The molecule has 0 aliphatic heterocycles. The Morgan fingerprint density at radius 3 is 2.80 bits per heavy atom. The number of aliphatic hydroxyl groups is 1. The van der Waals surface area contributed by atoms with Gasteiger partial charge in [0.05, 0.1) is 13.2 Å². The van der Waals surface area contributed by atoms with Crippen molar-refractivity contribution in [2.75, 3.05) is 13.7 Å². The first-order chi connectivity index (χ1) is 9.51. The van der Waals surface area contributed by atoms with E-state index in [1.165, 1.54) is 0 Å². The first kappa shape index (κ1) is 16.5. The minimum absolute atomic E-state index is 0.0465. The Morgan fingerprint density at radius 1 is 1.40 bits per heavy atom. The molecule has 0 bridgehead atoms. The van der Waals surface area contributed by atoms with Crippen LogP contribution in [0.5, 0.6) is 5.75 Å². The molecule has 1 rings (SSSR count). The number of aliphatic hydroxyl groups excluding tert-OH is 1. The van der Waals surface area contributed by atoms with Gasteiger partial charge in [-0.1, -0.05) is 19.1 Å². The predicted octanol–water partition coefficient (Wildman–Crippen LogP) is 2.15. The Morgan fingerprint density at radius 2 is 2.15 bits per heavy atom. The molecule has 0 aliphatic rings. The van der Waals surface area contributed by atoms with Crippen LogP contribution in [-0.2, 0) is 11.2 Å². The summed E-state index contributed by atoms with van der Waals surface area (Å²) in [5.41, 5.74) is 1.09. The van der Waals surface area contributed by atoms with Crippen molar-refractivity contribution in [1.29, 1.82) is 0 Å². The number of carbonyl (C=O) groups is 1. The topological polar surface area (TPSA) is 58.6 Å². The minimum atomic E-state index is -0.321. The van der Waals surface area contributed by atoms with Crippen LogP contribution in [0.2, 0.25) is 0 Å². The van der Waals surface area contributed by atoms with Gasteiger partial charge in [-0.2, -0.15) is 0 Å². The lowest BCUT2D eigenvalue weighted by Crippen LogP contribution is -2.29. The van der Waals surface area contributed by atoms with Crippen LogP contribution in [0, 0.1) is 5.92 Å². The zero-order valence-electron chi connectivity index (χ0n) is 12.6. The first-order valence-corrected chi connectivity index (χ1v) is 7.09. The summed E-state index contributed by atoms with van der Waals surface area (Å²) in [6.07, 6.45) is 1.55. The van der Waals surface area contributed by atoms with Gasteiger partial charge >= 0.3 is 0 Å². The summed E-state index contributed by atoms with van der Waals surface area (Å²) in [4.78, 5) is 11.8. The molecule has 1 amide bonds. The highest BCUT2D eigenvalue weighted by atomic mass is 16.5. The molecule has 4 nitrogen and oxygen atoms in total. The third-order valence-corrected chi connectivity index (χ3v) is 3.17. The summed E-state index contributed by atoms with van der Waals surface area (Å²) >= 11 is 0. The Balaban J connectivity index is 2.29. The lowest BCUT2D eigenvalue weighted by Gasteiger charge is -2.14. The average Bonchev–Trinajstić information content (AvgIpc) is 2.42. The first-order valence-electron chi connectivity index (χ1n) is 7.09. The van der Waals surface area contributed by atoms with E-state index in [0.717, 1.165) is 11.3 Å². The molecule has 0 fully saturated rings. The third-order valence-electron chi connectivity index (χ3n) is 3.17. The van der Waals surface area contributed by atoms with Gasteiger partial charge in [0.1, 0.15) is 5.75 Å². The molecule has 0 saturated carbocycles. The lowest BCUT2D eigenvalue weighted by molar-refractivity contribution is -0.121. The van der Waals surface area contributed by atoms with Crippen molar-refractivity contribution < 1.29 is 14.6 Å². The van der Waals surface area contributed by atoms with E-state index < -0.39 is 0 Å². The smallest absolute Gasteiger partial charge is 0.220 e. The highest BCUT2D eigenvalue weighted by Crippen LogP contribution is 2.13. The lowest BCUT2D eigenvalue weighted by atomic mass is 10.0. The van der Waals surface area contributed by atoms with Crippen molar-refractivity contribution in [2.45, 2.75) is 39.2 Å². The number of rotatable bonds is 8. The minimum Gasteiger partial charge on any atom is -0.497 e. The molecule has 20 heavy (non-hydrogen) atoms. The molecular formula is C16H25NO3. The summed E-state index contributed by atoms with van der Waals surface area (Å²) in [5.74, 6) is 1.15. The van der Waals surface area contributed by atoms with Gasteiger partial charge in [0.25, 0.3) is 0 Å². The van der Waals surface area contributed by atoms with Gasteiger partial charge in [0, 0.05) is 13.0 Å². The Hall–Kier alpha value is -1.55. The van der Waals surface area contributed by atoms with E-state index in [1.807, 2.05) is 31.2 Å². The SMILES string of the molecule is COc1cccc(CCC(=O)NCC(C)CC(C)O)c1. The van der Waals surface area contributed by atoms with E-state index >= 15 is 0 Å². The van der Waals surface area contributed by atoms with E-state index in [1.54, 1.807) is 14.0 Å². The number of nitrogens with one attached hydrogen (secondary N) is 1. The maximum atomic E-state index is 11.8. The predicted molar refractivity (Wildman–Crippen MR) is 79.8 cm³/mol. The largest absolute Gasteiger partial charge is 0.497 e. The van der Waals surface area contributed by atoms with Crippen LogP contribution in [0.1, 0.15) is 32.3 Å². The zero-order valence-corrected chi connectivity index (χ0v) is 12.6. The van der Waals surface area contributed by atoms with Crippen LogP contribution in [0.3, 0.4) is 0 Å². The van der Waals surface area contributed by atoms with Crippen molar-refractivity contribution in [1.82, 2.24) is 5.32 Å². The molecule has 0 saturated heterocycles. The number of ether oxygens (including phenoxy) is 1. The number of hydrogen-bond acceptors (Lipinski definition) is 3. The van der Waals surface area contributed by atoms with Crippen LogP contribution in [0.25, 0.3) is 0 Å². The fourth-order valence-electron chi connectivity index (χ4n) is 2.13. The fraction of sp³-hybridized carbons (Fsp3) is 0.562. The number of aryl methyl sites for hydroxylation is 1. The maximum absolute atomic E-state index is 11.8. The molecule has 0 spiro atoms. The van der Waals surface area contributed by atoms with Crippen molar-refractivity contribution in [3.05, 3.63) is 29.8 Å². The summed E-state index contributed by atoms with van der Waals surface area (Å²) in [7, 11) is 1.63. The van der Waals surface area contributed by atoms with Crippen LogP contribution < -0.4 is 10.1 Å². The molecule has 2 N–H and O–H groups in total. The fourth-order valence-corrected chi connectivity index (χ4v) is 2.13. The van der Waals surface area contributed by atoms with Gasteiger partial charge in [0.2, 0.25) is 5.91 Å². The molecule has 112 valence electrons. The van der Waals surface area contributed by atoms with Gasteiger partial charge < -0.3 is 15.2 Å². The van der Waals surface area contributed by atoms with E-state index in [4.69, 9.17) is 4.74 Å². The highest BCUT2D eigenvalue weighted by molar-refractivity contribution is 5.76. The van der Waals surface area contributed by atoms with E-state index in [0.29, 0.717) is 25.8 Å². The van der Waals surface area contributed by atoms with E-state index in [-0.39, 0.29) is 17.9 Å². The Kier molecular flexibility index (Phi) is 7.09. The molecule has 4 heteroatoms. The summed E-state index contributed by atoms with van der Waals surface area (Å²) in [5, 5.41) is 12.2. The third kappa shape index (κ3) is 6.57. The Bertz CT molecular complexity index is 418. The van der Waals surface area contributed by atoms with Crippen LogP contribution >= 0.6 is 0 Å². The molecule has 2 atom stereocenters. The van der Waals surface area contributed by atoms with Crippen molar-refractivity contribution >= 4 is 5.91 Å². The van der Waals surface area contributed by atoms with Crippen molar-refractivity contribution in [3.8, 4) is 5.75 Å². The molecule has 2 unspecified atom stereocenters. The normalized spacial score (nSPS) is 13.6. The van der Waals surface area contributed by atoms with Gasteiger partial charge in [-0.15, -0.1) is 0 Å². The number of hydrogen-bond donors (Lipinski definition) is 2. The molecule has 0 aromatic heterocycles. The summed E-state index contributed by atoms with van der Waals surface area (Å²) in [6, 6.07) is 7.76. The van der Waals surface area contributed by atoms with Crippen molar-refractivity contribution in [2.24, 2.45) is 5.92 Å². The molecule has 1 aromatic rings. The standard InChI is InChI=1S/C16H25NO3/c1-12(9-13(2)18)11-17-16(19)8-7-14-5-4-6-15(10-14)20-3/h4-6,10,12-13,18H,7-9,11H2,1-3H3,(H,17,19). The second kappa shape index (κ2) is 8.59. The van der Waals surface area contributed by atoms with Gasteiger partial charge in [0.15, 0.2) is 0 Å². The van der Waals surface area contributed by atoms with Crippen LogP contribution in [-0.4, -0.2) is 30.8 Å². The second-order valence-corrected chi connectivity index (χ2v) is 5.35. The number of benzene rings is 1. The Labute approximate surface area is 121 Å². The molecule has 0 aliphatic carbocycles. The number of amides is 1. The maximum Gasteiger partial charge on any atom is 0.220 e.